The fraction of sp³-hybridized carbons (Fsp3) is 0.500. The molecule has 0 bridgehead atoms. The van der Waals surface area contributed by atoms with Gasteiger partial charge in [0, 0.05) is 28.8 Å². The maximum absolute atomic E-state index is 11.5. The van der Waals surface area contributed by atoms with Crippen LogP contribution in [0.15, 0.2) is 11.4 Å². The van der Waals surface area contributed by atoms with E-state index in [-0.39, 0.29) is 12.5 Å². The molecule has 0 aliphatic rings. The van der Waals surface area contributed by atoms with Crippen molar-refractivity contribution >= 4 is 17.2 Å². The summed E-state index contributed by atoms with van der Waals surface area (Å²) in [6.45, 7) is 3.58. The van der Waals surface area contributed by atoms with Gasteiger partial charge in [0.15, 0.2) is 0 Å². The summed E-state index contributed by atoms with van der Waals surface area (Å²) in [6.07, 6.45) is 1.36. The SMILES string of the molecule is CCCOCCC(=O)NCc1cc(C#CCO)cs1. The normalized spacial score (nSPS) is 9.79. The van der Waals surface area contributed by atoms with Crippen molar-refractivity contribution in [3.05, 3.63) is 21.9 Å². The number of carbonyl (C=O) groups excluding carboxylic acids is 1. The first-order valence-corrected chi connectivity index (χ1v) is 7.15. The van der Waals surface area contributed by atoms with Crippen molar-refractivity contribution in [2.45, 2.75) is 26.3 Å². The van der Waals surface area contributed by atoms with E-state index < -0.39 is 0 Å². The molecule has 2 N–H and O–H groups in total. The Balaban J connectivity index is 2.24. The van der Waals surface area contributed by atoms with E-state index in [2.05, 4.69) is 17.2 Å². The van der Waals surface area contributed by atoms with Crippen LogP contribution in [0.4, 0.5) is 0 Å². The Labute approximate surface area is 117 Å². The Bertz CT molecular complexity index is 445. The maximum atomic E-state index is 11.5. The van der Waals surface area contributed by atoms with E-state index in [1.54, 1.807) is 11.3 Å². The van der Waals surface area contributed by atoms with Crippen LogP contribution in [0, 0.1) is 11.8 Å². The van der Waals surface area contributed by atoms with Crippen LogP contribution in [-0.4, -0.2) is 30.8 Å². The van der Waals surface area contributed by atoms with Crippen LogP contribution < -0.4 is 5.32 Å². The minimum absolute atomic E-state index is 0.00695. The second-order valence-electron chi connectivity index (χ2n) is 3.90. The first-order valence-electron chi connectivity index (χ1n) is 6.27. The fourth-order valence-electron chi connectivity index (χ4n) is 1.37. The molecule has 1 rings (SSSR count). The van der Waals surface area contributed by atoms with Crippen LogP contribution in [-0.2, 0) is 16.1 Å². The second-order valence-corrected chi connectivity index (χ2v) is 4.90. The number of carbonyl (C=O) groups is 1. The zero-order chi connectivity index (χ0) is 13.9. The summed E-state index contributed by atoms with van der Waals surface area (Å²) < 4.78 is 5.25. The topological polar surface area (TPSA) is 58.6 Å². The molecule has 0 atom stereocenters. The fourth-order valence-corrected chi connectivity index (χ4v) is 2.12. The van der Waals surface area contributed by atoms with E-state index >= 15 is 0 Å². The third-order valence-electron chi connectivity index (χ3n) is 2.25. The summed E-state index contributed by atoms with van der Waals surface area (Å²) in [5.74, 6) is 5.41. The predicted molar refractivity (Wildman–Crippen MR) is 75.9 cm³/mol. The summed E-state index contributed by atoms with van der Waals surface area (Å²) in [7, 11) is 0. The van der Waals surface area contributed by atoms with Crippen LogP contribution in [0.1, 0.15) is 30.2 Å². The zero-order valence-electron chi connectivity index (χ0n) is 11.1. The number of ether oxygens (including phenoxy) is 1. The Hall–Kier alpha value is -1.35. The molecule has 0 radical (unpaired) electrons. The van der Waals surface area contributed by atoms with Gasteiger partial charge < -0.3 is 15.2 Å². The van der Waals surface area contributed by atoms with E-state index in [4.69, 9.17) is 9.84 Å². The van der Waals surface area contributed by atoms with Crippen LogP contribution in [0.5, 0.6) is 0 Å². The summed E-state index contributed by atoms with van der Waals surface area (Å²) in [5, 5.41) is 13.3. The lowest BCUT2D eigenvalue weighted by Gasteiger charge is -2.04. The highest BCUT2D eigenvalue weighted by Gasteiger charge is 2.03. The average Bonchev–Trinajstić information content (AvgIpc) is 2.87. The Kier molecular flexibility index (Phi) is 7.91. The number of amides is 1. The number of aliphatic hydroxyl groups is 1. The number of hydrogen-bond donors (Lipinski definition) is 2. The smallest absolute Gasteiger partial charge is 0.222 e. The molecule has 0 spiro atoms. The quantitative estimate of drug-likeness (QED) is 0.588. The Morgan fingerprint density at radius 1 is 1.53 bits per heavy atom. The lowest BCUT2D eigenvalue weighted by atomic mass is 10.3. The molecule has 1 heterocycles. The standard InChI is InChI=1S/C14H19NO3S/c1-2-7-18-8-5-14(17)15-10-13-9-12(11-19-13)4-3-6-16/h9,11,16H,2,5-8,10H2,1H3,(H,15,17). The highest BCUT2D eigenvalue weighted by atomic mass is 32.1. The van der Waals surface area contributed by atoms with Gasteiger partial charge >= 0.3 is 0 Å². The largest absolute Gasteiger partial charge is 0.384 e. The third kappa shape index (κ3) is 6.97. The predicted octanol–water partition coefficient (Wildman–Crippen LogP) is 1.52. The van der Waals surface area contributed by atoms with Gasteiger partial charge in [-0.15, -0.1) is 11.3 Å². The van der Waals surface area contributed by atoms with E-state index in [1.807, 2.05) is 18.4 Å². The van der Waals surface area contributed by atoms with Crippen LogP contribution >= 0.6 is 11.3 Å². The molecule has 104 valence electrons. The van der Waals surface area contributed by atoms with Crippen molar-refractivity contribution in [2.24, 2.45) is 0 Å². The highest BCUT2D eigenvalue weighted by Crippen LogP contribution is 2.13. The number of thiophene rings is 1. The average molecular weight is 281 g/mol. The van der Waals surface area contributed by atoms with E-state index in [0.29, 0.717) is 26.2 Å². The van der Waals surface area contributed by atoms with Gasteiger partial charge in [0.25, 0.3) is 0 Å². The summed E-state index contributed by atoms with van der Waals surface area (Å²) in [4.78, 5) is 12.6. The van der Waals surface area contributed by atoms with Crippen molar-refractivity contribution in [3.8, 4) is 11.8 Å². The van der Waals surface area contributed by atoms with Crippen molar-refractivity contribution in [2.75, 3.05) is 19.8 Å². The van der Waals surface area contributed by atoms with Gasteiger partial charge in [0.2, 0.25) is 5.91 Å². The molecule has 0 aliphatic carbocycles. The van der Waals surface area contributed by atoms with Crippen molar-refractivity contribution in [1.82, 2.24) is 5.32 Å². The van der Waals surface area contributed by atoms with Gasteiger partial charge in [-0.2, -0.15) is 0 Å². The molecular formula is C14H19NO3S. The number of aliphatic hydroxyl groups excluding tert-OH is 1. The number of hydrogen-bond acceptors (Lipinski definition) is 4. The lowest BCUT2D eigenvalue weighted by Crippen LogP contribution is -2.23. The van der Waals surface area contributed by atoms with Gasteiger partial charge in [0.05, 0.1) is 13.2 Å². The van der Waals surface area contributed by atoms with Crippen molar-refractivity contribution in [1.29, 1.82) is 0 Å². The van der Waals surface area contributed by atoms with Gasteiger partial charge in [-0.1, -0.05) is 18.8 Å². The number of rotatable bonds is 7. The first kappa shape index (κ1) is 15.7. The van der Waals surface area contributed by atoms with E-state index in [0.717, 1.165) is 16.9 Å². The molecule has 4 nitrogen and oxygen atoms in total. The summed E-state index contributed by atoms with van der Waals surface area (Å²) in [5.41, 5.74) is 0.870. The summed E-state index contributed by atoms with van der Waals surface area (Å²) in [6, 6.07) is 1.92. The molecule has 1 amide bonds. The van der Waals surface area contributed by atoms with Gasteiger partial charge in [-0.25, -0.2) is 0 Å². The van der Waals surface area contributed by atoms with Crippen molar-refractivity contribution < 1.29 is 14.6 Å². The molecule has 5 heteroatoms. The zero-order valence-corrected chi connectivity index (χ0v) is 11.9. The Morgan fingerprint density at radius 2 is 2.37 bits per heavy atom. The van der Waals surface area contributed by atoms with Crippen LogP contribution in [0.25, 0.3) is 0 Å². The first-order chi connectivity index (χ1) is 9.26. The van der Waals surface area contributed by atoms with Crippen LogP contribution in [0.2, 0.25) is 0 Å². The van der Waals surface area contributed by atoms with E-state index in [1.165, 1.54) is 0 Å². The van der Waals surface area contributed by atoms with Gasteiger partial charge in [0.1, 0.15) is 6.61 Å². The van der Waals surface area contributed by atoms with Crippen LogP contribution in [0.3, 0.4) is 0 Å². The van der Waals surface area contributed by atoms with E-state index in [9.17, 15) is 4.79 Å². The molecule has 0 aliphatic heterocycles. The van der Waals surface area contributed by atoms with Gasteiger partial charge in [-0.05, 0) is 12.5 Å². The number of nitrogens with one attached hydrogen (secondary N) is 1. The monoisotopic (exact) mass is 281 g/mol. The molecule has 0 saturated heterocycles. The maximum Gasteiger partial charge on any atom is 0.222 e. The molecule has 1 aromatic heterocycles. The lowest BCUT2D eigenvalue weighted by molar-refractivity contribution is -0.122. The molecule has 0 fully saturated rings. The molecule has 0 unspecified atom stereocenters. The highest BCUT2D eigenvalue weighted by molar-refractivity contribution is 7.10. The van der Waals surface area contributed by atoms with Crippen molar-refractivity contribution in [3.63, 3.8) is 0 Å². The third-order valence-corrected chi connectivity index (χ3v) is 3.18. The Morgan fingerprint density at radius 3 is 3.11 bits per heavy atom. The van der Waals surface area contributed by atoms with Gasteiger partial charge in [-0.3, -0.25) is 4.79 Å². The minimum atomic E-state index is -0.139. The molecular weight excluding hydrogens is 262 g/mol. The molecule has 0 saturated carbocycles. The second kappa shape index (κ2) is 9.56. The summed E-state index contributed by atoms with van der Waals surface area (Å²) >= 11 is 1.54. The molecule has 0 aromatic carbocycles. The minimum Gasteiger partial charge on any atom is -0.384 e. The molecule has 1 aromatic rings. The molecule has 19 heavy (non-hydrogen) atoms.